The maximum atomic E-state index is 13.0. The minimum Gasteiger partial charge on any atom is -0.457 e. The number of ether oxygens (including phenoxy) is 1. The van der Waals surface area contributed by atoms with E-state index in [1.54, 1.807) is 90.8 Å². The number of carbonyl (C=O) groups is 3. The van der Waals surface area contributed by atoms with Crippen molar-refractivity contribution in [2.24, 2.45) is 0 Å². The van der Waals surface area contributed by atoms with Gasteiger partial charge in [-0.1, -0.05) is 121 Å². The number of hydrogen-bond donors (Lipinski definition) is 4. The largest absolute Gasteiger partial charge is 0.457 e. The van der Waals surface area contributed by atoms with Gasteiger partial charge in [-0.25, -0.2) is 19.9 Å². The Morgan fingerprint density at radius 1 is 0.432 bits per heavy atom. The molecule has 0 aliphatic carbocycles. The number of thioether (sulfide) groups is 3. The number of fused-ring (bicyclic) bond motifs is 4. The van der Waals surface area contributed by atoms with E-state index in [0.29, 0.717) is 39.6 Å². The predicted octanol–water partition coefficient (Wildman–Crippen LogP) is 17.5. The molecule has 0 bridgehead atoms. The van der Waals surface area contributed by atoms with Gasteiger partial charge in [0.05, 0.1) is 24.0 Å². The summed E-state index contributed by atoms with van der Waals surface area (Å²) in [6.45, 7) is 3.05. The number of aromatic nitrogens is 9. The van der Waals surface area contributed by atoms with Gasteiger partial charge in [-0.05, 0) is 138 Å². The Kier molecular flexibility index (Phi) is 21.4. The topological polar surface area (TPSA) is 207 Å². The molecule has 14 aromatic rings. The molecule has 0 saturated heterocycles. The Labute approximate surface area is 561 Å². The molecule has 0 aliphatic heterocycles. The molecule has 0 atom stereocenters. The van der Waals surface area contributed by atoms with Crippen molar-refractivity contribution in [2.45, 2.75) is 52.2 Å². The van der Waals surface area contributed by atoms with E-state index >= 15 is 0 Å². The van der Waals surface area contributed by atoms with E-state index in [-0.39, 0.29) is 17.7 Å². The highest BCUT2D eigenvalue weighted by Crippen LogP contribution is 2.33. The zero-order valence-electron chi connectivity index (χ0n) is 51.5. The van der Waals surface area contributed by atoms with Crippen LogP contribution in [0.3, 0.4) is 0 Å². The molecule has 9 aromatic carbocycles. The zero-order chi connectivity index (χ0) is 65.0. The average Bonchev–Trinajstić information content (AvgIpc) is 1.62. The van der Waals surface area contributed by atoms with Gasteiger partial charge in [0, 0.05) is 110 Å². The third-order valence-electron chi connectivity index (χ3n) is 14.9. The summed E-state index contributed by atoms with van der Waals surface area (Å²) in [7, 11) is 0. The Balaban J connectivity index is 0.000000137. The normalized spacial score (nSPS) is 10.8. The van der Waals surface area contributed by atoms with Crippen LogP contribution in [0.2, 0.25) is 0 Å². The summed E-state index contributed by atoms with van der Waals surface area (Å²) in [5.41, 5.74) is 12.8. The van der Waals surface area contributed by atoms with E-state index in [1.807, 2.05) is 158 Å². The van der Waals surface area contributed by atoms with Crippen LogP contribution in [-0.4, -0.2) is 62.4 Å². The molecule has 0 saturated carbocycles. The monoisotopic (exact) mass is 1300 g/mol. The molecule has 5 aromatic heterocycles. The second-order valence-electron chi connectivity index (χ2n) is 21.5. The fraction of sp³-hybridized carbons (Fsp3) is 0.0789. The number of benzene rings is 9. The van der Waals surface area contributed by atoms with Gasteiger partial charge in [-0.3, -0.25) is 29.5 Å². The number of nitrogens with zero attached hydrogens (tertiary/aromatic N) is 8. The smallest absolute Gasteiger partial charge is 0.255 e. The molecule has 0 aliphatic rings. The number of para-hydroxylation sites is 2. The van der Waals surface area contributed by atoms with Gasteiger partial charge in [-0.15, -0.1) is 35.3 Å². The highest BCUT2D eigenvalue weighted by Gasteiger charge is 2.15. The van der Waals surface area contributed by atoms with E-state index < -0.39 is 0 Å². The summed E-state index contributed by atoms with van der Waals surface area (Å²) in [5, 5.41) is 21.7. The number of H-pyrrole nitrogens is 1. The fourth-order valence-corrected chi connectivity index (χ4v) is 12.8. The number of aryl methyl sites for hydroxylation is 1. The summed E-state index contributed by atoms with van der Waals surface area (Å²) < 4.78 is 8.13. The SMILES string of the molecule is CCn1c2ccccc2c2cc(NC(=O)c3cccc(CSc4cnccn4)c3)ccc21.O=C(Nc1cccc(Cc2ccccc2)c1)c1cccc(CSc2ncnc3[nH]ncc23)c1.O=C(Nc1cccc(Oc2ccccc2)c1)c1cccc(CSc2cnccn2)c1. The Morgan fingerprint density at radius 3 is 1.56 bits per heavy atom. The summed E-state index contributed by atoms with van der Waals surface area (Å²) >= 11 is 4.77. The van der Waals surface area contributed by atoms with Crippen molar-refractivity contribution in [3.05, 3.63) is 319 Å². The van der Waals surface area contributed by atoms with Crippen LogP contribution >= 0.6 is 35.3 Å². The van der Waals surface area contributed by atoms with Crippen LogP contribution in [-0.2, 0) is 30.2 Å². The molecule has 95 heavy (non-hydrogen) atoms. The molecule has 14 rings (SSSR count). The first-order chi connectivity index (χ1) is 46.7. The minimum absolute atomic E-state index is 0.116. The fourth-order valence-electron chi connectivity index (χ4n) is 10.4. The molecule has 0 unspecified atom stereocenters. The summed E-state index contributed by atoms with van der Waals surface area (Å²) in [5.74, 6) is 3.11. The second-order valence-corrected chi connectivity index (χ2v) is 24.5. The number of hydrogen-bond acceptors (Lipinski definition) is 14. The molecule has 5 heterocycles. The third-order valence-corrected chi connectivity index (χ3v) is 17.9. The lowest BCUT2D eigenvalue weighted by Crippen LogP contribution is -2.12. The summed E-state index contributed by atoms with van der Waals surface area (Å²) in [6.07, 6.45) is 14.2. The maximum Gasteiger partial charge on any atom is 0.255 e. The van der Waals surface area contributed by atoms with Crippen molar-refractivity contribution < 1.29 is 19.1 Å². The van der Waals surface area contributed by atoms with Crippen molar-refractivity contribution in [3.8, 4) is 11.5 Å². The molecule has 16 nitrogen and oxygen atoms in total. The van der Waals surface area contributed by atoms with Gasteiger partial charge < -0.3 is 25.3 Å². The van der Waals surface area contributed by atoms with Crippen LogP contribution < -0.4 is 20.7 Å². The summed E-state index contributed by atoms with van der Waals surface area (Å²) in [4.78, 5) is 63.8. The van der Waals surface area contributed by atoms with Crippen LogP contribution in [0.15, 0.2) is 289 Å². The van der Waals surface area contributed by atoms with E-state index in [9.17, 15) is 14.4 Å². The first-order valence-electron chi connectivity index (χ1n) is 30.5. The van der Waals surface area contributed by atoms with Gasteiger partial charge in [-0.2, -0.15) is 5.10 Å². The lowest BCUT2D eigenvalue weighted by atomic mass is 10.0. The standard InChI is InChI=1S/C26H21N5OS.C26H22N4OS.C24H19N3O2S/c32-25(30-22-11-5-8-19(14-22)12-18-6-2-1-3-7-18)21-10-4-9-20(13-21)16-33-26-23-15-29-31-24(23)27-17-28-26;1-2-30-23-9-4-3-8-21(23)22-15-20(10-11-24(22)30)29-26(31)19-7-5-6-18(14-19)17-32-25-16-27-12-13-28-25;28-24(19-7-4-6-18(14-19)17-30-23-16-25-12-13-26-23)27-20-8-5-11-22(15-20)29-21-9-2-1-3-10-21/h1-11,13-15,17H,12,16H2,(H,30,32)(H,27,28,29,31);3-16H,2,17H2,1H3,(H,29,31);1-16H,17H2,(H,27,28). The van der Waals surface area contributed by atoms with E-state index in [4.69, 9.17) is 4.74 Å². The van der Waals surface area contributed by atoms with Gasteiger partial charge in [0.2, 0.25) is 0 Å². The highest BCUT2D eigenvalue weighted by atomic mass is 32.2. The molecule has 4 N–H and O–H groups in total. The van der Waals surface area contributed by atoms with Gasteiger partial charge in [0.25, 0.3) is 17.7 Å². The second kappa shape index (κ2) is 31.9. The van der Waals surface area contributed by atoms with E-state index in [1.165, 1.54) is 28.3 Å². The highest BCUT2D eigenvalue weighted by molar-refractivity contribution is 7.99. The number of carbonyl (C=O) groups excluding carboxylic acids is 3. The molecular weight excluding hydrogens is 1240 g/mol. The molecule has 468 valence electrons. The van der Waals surface area contributed by atoms with Gasteiger partial charge >= 0.3 is 0 Å². The Hall–Kier alpha value is -11.3. The molecule has 0 radical (unpaired) electrons. The first kappa shape index (κ1) is 63.9. The van der Waals surface area contributed by atoms with Gasteiger partial charge in [0.15, 0.2) is 5.65 Å². The zero-order valence-corrected chi connectivity index (χ0v) is 53.9. The van der Waals surface area contributed by atoms with Crippen LogP contribution in [0.1, 0.15) is 65.8 Å². The molecule has 0 fully saturated rings. The number of nitrogens with one attached hydrogen (secondary N) is 4. The van der Waals surface area contributed by atoms with Crippen molar-refractivity contribution in [1.29, 1.82) is 0 Å². The molecule has 19 heteroatoms. The van der Waals surface area contributed by atoms with E-state index in [0.717, 1.165) is 89.6 Å². The average molecular weight is 1300 g/mol. The quantitative estimate of drug-likeness (QED) is 0.0414. The van der Waals surface area contributed by atoms with Crippen LogP contribution in [0.25, 0.3) is 32.8 Å². The van der Waals surface area contributed by atoms with Crippen molar-refractivity contribution in [3.63, 3.8) is 0 Å². The lowest BCUT2D eigenvalue weighted by molar-refractivity contribution is 0.101. The Morgan fingerprint density at radius 2 is 0.947 bits per heavy atom. The minimum atomic E-state index is -0.168. The van der Waals surface area contributed by atoms with Gasteiger partial charge in [0.1, 0.15) is 32.9 Å². The van der Waals surface area contributed by atoms with E-state index in [2.05, 4.69) is 122 Å². The maximum absolute atomic E-state index is 13.0. The number of amides is 3. The lowest BCUT2D eigenvalue weighted by Gasteiger charge is -2.10. The molecule has 3 amide bonds. The Bertz CT molecular complexity index is 4910. The molecule has 0 spiro atoms. The van der Waals surface area contributed by atoms with Crippen molar-refractivity contribution in [2.75, 3.05) is 16.0 Å². The number of aromatic amines is 1. The first-order valence-corrected chi connectivity index (χ1v) is 33.4. The molecular formula is C76H62N12O4S3. The third kappa shape index (κ3) is 17.5. The van der Waals surface area contributed by atoms with Crippen molar-refractivity contribution >= 4 is 103 Å². The predicted molar refractivity (Wildman–Crippen MR) is 381 cm³/mol. The number of rotatable bonds is 20. The van der Waals surface area contributed by atoms with Crippen molar-refractivity contribution in [1.82, 2.24) is 44.7 Å². The van der Waals surface area contributed by atoms with Crippen LogP contribution in [0.5, 0.6) is 11.5 Å². The van der Waals surface area contributed by atoms with Crippen LogP contribution in [0, 0.1) is 0 Å². The van der Waals surface area contributed by atoms with Crippen LogP contribution in [0.4, 0.5) is 17.1 Å². The summed E-state index contributed by atoms with van der Waals surface area (Å²) in [6, 6.07) is 72.6. The number of anilines is 3.